The summed E-state index contributed by atoms with van der Waals surface area (Å²) in [5.74, 6) is 13.8. The van der Waals surface area contributed by atoms with Crippen LogP contribution in [0.15, 0.2) is 49.1 Å². The van der Waals surface area contributed by atoms with E-state index in [1.807, 2.05) is 0 Å². The number of carboxylic acid groups (broad SMARTS) is 2. The van der Waals surface area contributed by atoms with E-state index in [-0.39, 0.29) is 17.5 Å². The summed E-state index contributed by atoms with van der Waals surface area (Å²) in [4.78, 5) is 34.1. The van der Waals surface area contributed by atoms with E-state index < -0.39 is 11.9 Å². The molecule has 12 rings (SSSR count). The number of carboxylic acids is 2. The molecule has 0 amide bonds. The first kappa shape index (κ1) is 64.3. The van der Waals surface area contributed by atoms with E-state index in [4.69, 9.17) is 14.9 Å². The molecule has 0 radical (unpaired) electrons. The summed E-state index contributed by atoms with van der Waals surface area (Å²) in [5, 5.41) is 28.4. The zero-order valence-electron chi connectivity index (χ0n) is 55.1. The lowest BCUT2D eigenvalue weighted by molar-refractivity contribution is -0.143. The molecule has 3 unspecified atom stereocenters. The minimum absolute atomic E-state index is 0.0709. The van der Waals surface area contributed by atoms with Crippen LogP contribution in [0.25, 0.3) is 0 Å². The van der Waals surface area contributed by atoms with Crippen molar-refractivity contribution < 1.29 is 34.4 Å². The van der Waals surface area contributed by atoms with Crippen LogP contribution in [0.2, 0.25) is 0 Å². The van der Waals surface area contributed by atoms with E-state index in [0.717, 1.165) is 103 Å². The van der Waals surface area contributed by atoms with Gasteiger partial charge in [0.25, 0.3) is 0 Å². The van der Waals surface area contributed by atoms with Gasteiger partial charge in [-0.15, -0.1) is 0 Å². The molecule has 12 aliphatic carbocycles. The van der Waals surface area contributed by atoms with Gasteiger partial charge in [-0.05, 0) is 292 Å². The lowest BCUT2D eigenvalue weighted by atomic mass is 9.46. The van der Waals surface area contributed by atoms with Gasteiger partial charge in [-0.25, -0.2) is 0 Å². The Balaban J connectivity index is 0.000000141. The number of allylic oxidation sites excluding steroid dienone is 6. The maximum absolute atomic E-state index is 12.0. The Labute approximate surface area is 512 Å². The highest BCUT2D eigenvalue weighted by molar-refractivity contribution is 5.69. The van der Waals surface area contributed by atoms with Crippen molar-refractivity contribution in [3.8, 4) is 0 Å². The van der Waals surface area contributed by atoms with Crippen molar-refractivity contribution in [3.05, 3.63) is 49.1 Å². The van der Waals surface area contributed by atoms with Gasteiger partial charge in [0.05, 0.1) is 6.10 Å². The molecule has 9 saturated carbocycles. The highest BCUT2D eigenvalue weighted by Crippen LogP contribution is 2.70. The Morgan fingerprint density at radius 3 is 1.20 bits per heavy atom. The molecule has 0 saturated heterocycles. The summed E-state index contributed by atoms with van der Waals surface area (Å²) in [6.07, 6.45) is 49.2. The number of rotatable bonds is 14. The minimum Gasteiger partial charge on any atom is -0.481 e. The van der Waals surface area contributed by atoms with Crippen molar-refractivity contribution in [2.24, 2.45) is 151 Å². The number of carbonyl (C=O) groups is 3. The quantitative estimate of drug-likeness (QED) is 0.117. The Morgan fingerprint density at radius 2 is 0.845 bits per heavy atom. The minimum atomic E-state index is -0.661. The fraction of sp³-hybridized carbons (Fsp3) is 0.857. The van der Waals surface area contributed by atoms with Crippen molar-refractivity contribution in [1.82, 2.24) is 0 Å². The molecular weight excluding hydrogens is 1040 g/mol. The Kier molecular flexibility index (Phi) is 19.4. The molecule has 84 heavy (non-hydrogen) atoms. The molecule has 0 aromatic rings. The first-order chi connectivity index (χ1) is 39.8. The van der Waals surface area contributed by atoms with E-state index >= 15 is 0 Å². The lowest BCUT2D eigenvalue weighted by Gasteiger charge is -2.59. The molecule has 3 N–H and O–H groups in total. The highest BCUT2D eigenvalue weighted by Gasteiger charge is 2.62. The van der Waals surface area contributed by atoms with Crippen molar-refractivity contribution in [2.75, 3.05) is 6.61 Å². The summed E-state index contributed by atoms with van der Waals surface area (Å²) in [6.45, 7) is 31.1. The summed E-state index contributed by atoms with van der Waals surface area (Å²) >= 11 is 0. The van der Waals surface area contributed by atoms with Gasteiger partial charge < -0.3 is 20.1 Å². The number of ether oxygens (including phenoxy) is 1. The van der Waals surface area contributed by atoms with Gasteiger partial charge in [-0.1, -0.05) is 138 Å². The average Bonchev–Trinajstić information content (AvgIpc) is 1.47. The fourth-order valence-electron chi connectivity index (χ4n) is 25.0. The van der Waals surface area contributed by atoms with Crippen LogP contribution in [0.4, 0.5) is 0 Å². The molecule has 12 aliphatic rings. The summed E-state index contributed by atoms with van der Waals surface area (Å²) in [5.41, 5.74) is 2.29. The van der Waals surface area contributed by atoms with Crippen LogP contribution in [0.5, 0.6) is 0 Å². The highest BCUT2D eigenvalue weighted by atomic mass is 16.5. The molecule has 27 atom stereocenters. The van der Waals surface area contributed by atoms with Crippen molar-refractivity contribution in [1.29, 1.82) is 0 Å². The van der Waals surface area contributed by atoms with Crippen LogP contribution < -0.4 is 0 Å². The third kappa shape index (κ3) is 11.9. The van der Waals surface area contributed by atoms with E-state index in [1.54, 1.807) is 6.08 Å². The van der Waals surface area contributed by atoms with E-state index in [1.165, 1.54) is 122 Å². The normalized spacial score (nSPS) is 48.3. The predicted molar refractivity (Wildman–Crippen MR) is 341 cm³/mol. The van der Waals surface area contributed by atoms with Gasteiger partial charge in [-0.2, -0.15) is 0 Å². The summed E-state index contributed by atoms with van der Waals surface area (Å²) in [7, 11) is 0. The van der Waals surface area contributed by atoms with Crippen LogP contribution in [-0.2, 0) is 19.1 Å². The third-order valence-electron chi connectivity index (χ3n) is 29.9. The molecule has 0 bridgehead atoms. The van der Waals surface area contributed by atoms with Gasteiger partial charge in [0.1, 0.15) is 6.61 Å². The smallest absolute Gasteiger partial charge is 0.306 e. The molecule has 0 heterocycles. The first-order valence-corrected chi connectivity index (χ1v) is 35.8. The van der Waals surface area contributed by atoms with Crippen LogP contribution >= 0.6 is 0 Å². The zero-order chi connectivity index (χ0) is 60.3. The summed E-state index contributed by atoms with van der Waals surface area (Å²) < 4.78 is 5.20. The van der Waals surface area contributed by atoms with Gasteiger partial charge >= 0.3 is 17.9 Å². The first-order valence-electron chi connectivity index (χ1n) is 35.8. The predicted octanol–water partition coefficient (Wildman–Crippen LogP) is 19.0. The second-order valence-corrected chi connectivity index (χ2v) is 33.9. The lowest BCUT2D eigenvalue weighted by Crippen LogP contribution is -2.52. The van der Waals surface area contributed by atoms with Gasteiger partial charge in [-0.3, -0.25) is 14.4 Å². The monoisotopic (exact) mass is 1160 g/mol. The third-order valence-corrected chi connectivity index (χ3v) is 29.9. The van der Waals surface area contributed by atoms with Crippen LogP contribution in [0.3, 0.4) is 0 Å². The second-order valence-electron chi connectivity index (χ2n) is 33.9. The molecule has 7 nitrogen and oxygen atoms in total. The van der Waals surface area contributed by atoms with Gasteiger partial charge in [0.2, 0.25) is 0 Å². The molecule has 7 heteroatoms. The SMILES string of the molecule is C=CCOC(=O)CC[C@@H](C)C1CC[C@H]2[C@@H]3CC[C@@H]4C[C@H](C)CC[C@]4(C)[C@H]3C=C[C@]12C.C[C@@H]1CC[C@@]2(C)[C@H](CC[C@@H]3[C@@H]2C=C[C@]2(C)C([C@H](C)CCC(=O)O)CC[C@@H]32)C1.C[C@H](CCC(=O)O)C1CC[C@H]2[C@@H]3CC[C@@H]4C[C@H](O)CC[C@]4(C)[C@H]3C=C[C@]12C. The van der Waals surface area contributed by atoms with Gasteiger partial charge in [0.15, 0.2) is 0 Å². The standard InChI is InChI=1S/C28H44O2.C25H40O2.C24H38O3/c1-6-17-30-26(29)12-7-20(3)23-10-11-24-22-9-8-21-18-19(2)13-15-27(21,4)25(22)14-16-28(23,24)5;1-16-11-13-24(3)18(15-16)6-7-19-21-9-8-20(17(2)5-10-23(26)27)25(21,4)14-12-22(19)24;1-15(4-9-22(26)27)19-7-8-20-18-6-5-16-14-17(25)10-12-23(16,2)21(18)11-13-24(19,20)3/h6,14,16,19-25H,1,7-13,15,17-18H2,2-5H3;12,14,16-22H,5-11,13,15H2,1-4H3,(H,26,27);11,13,15-21,25H,4-10,12,14H2,1-3H3,(H,26,27)/t19-,20-,21-,22+,23?,24+,25+,27+,28-;16-,17-,18-,19+,20?,21+,22+,24+,25-;15-,16-,17-,18+,19?,20+,21+,23+,24-/m111/s1. The number of aliphatic hydroxyl groups is 1. The fourth-order valence-corrected chi connectivity index (χ4v) is 25.0. The van der Waals surface area contributed by atoms with Crippen molar-refractivity contribution in [3.63, 3.8) is 0 Å². The van der Waals surface area contributed by atoms with Crippen molar-refractivity contribution in [2.45, 2.75) is 256 Å². The van der Waals surface area contributed by atoms with E-state index in [2.05, 4.69) is 119 Å². The Bertz CT molecular complexity index is 2320. The molecule has 472 valence electrons. The molecule has 9 fully saturated rings. The summed E-state index contributed by atoms with van der Waals surface area (Å²) in [6, 6.07) is 0. The Hall–Kier alpha value is -2.67. The van der Waals surface area contributed by atoms with E-state index in [0.29, 0.717) is 100 Å². The number of hydrogen-bond donors (Lipinski definition) is 3. The van der Waals surface area contributed by atoms with Gasteiger partial charge in [0, 0.05) is 19.3 Å². The number of aliphatic hydroxyl groups excluding tert-OH is 1. The van der Waals surface area contributed by atoms with Crippen LogP contribution in [-0.4, -0.2) is 45.9 Å². The largest absolute Gasteiger partial charge is 0.481 e. The number of hydrogen-bond acceptors (Lipinski definition) is 5. The molecule has 0 spiro atoms. The molecule has 0 aliphatic heterocycles. The topological polar surface area (TPSA) is 121 Å². The number of fused-ring (bicyclic) bond motifs is 15. The number of carbonyl (C=O) groups excluding carboxylic acids is 1. The van der Waals surface area contributed by atoms with E-state index in [9.17, 15) is 19.5 Å². The van der Waals surface area contributed by atoms with Crippen LogP contribution in [0.1, 0.15) is 250 Å². The average molecular weight is 1160 g/mol. The number of esters is 1. The zero-order valence-corrected chi connectivity index (χ0v) is 55.1. The Morgan fingerprint density at radius 1 is 0.500 bits per heavy atom. The number of aliphatic carboxylic acids is 2. The maximum atomic E-state index is 12.0. The van der Waals surface area contributed by atoms with Crippen LogP contribution in [0, 0.1) is 151 Å². The van der Waals surface area contributed by atoms with Crippen molar-refractivity contribution >= 4 is 17.9 Å². The molecular formula is C77H122O7. The maximum Gasteiger partial charge on any atom is 0.306 e. The second kappa shape index (κ2) is 25.3. The molecule has 0 aromatic heterocycles. The molecule has 0 aromatic carbocycles.